The highest BCUT2D eigenvalue weighted by molar-refractivity contribution is 7.22. The predicted octanol–water partition coefficient (Wildman–Crippen LogP) is 2.68. The summed E-state index contributed by atoms with van der Waals surface area (Å²) < 4.78 is 14.7. The number of likely N-dealkylation sites (N-methyl/N-ethyl adjacent to an activating group) is 1. The lowest BCUT2D eigenvalue weighted by atomic mass is 10.3. The van der Waals surface area contributed by atoms with Gasteiger partial charge in [-0.05, 0) is 25.2 Å². The number of benzene rings is 1. The molecule has 1 aromatic carbocycles. The van der Waals surface area contributed by atoms with Crippen molar-refractivity contribution >= 4 is 56.8 Å². The Morgan fingerprint density at radius 1 is 1.17 bits per heavy atom. The number of hydrogen-bond donors (Lipinski definition) is 0. The molecule has 0 spiro atoms. The van der Waals surface area contributed by atoms with E-state index in [9.17, 15) is 18.8 Å². The molecule has 29 heavy (non-hydrogen) atoms. The summed E-state index contributed by atoms with van der Waals surface area (Å²) in [7, 11) is 0. The second-order valence-corrected chi connectivity index (χ2v) is 7.54. The van der Waals surface area contributed by atoms with Crippen LogP contribution >= 0.6 is 23.7 Å². The van der Waals surface area contributed by atoms with Crippen molar-refractivity contribution in [3.8, 4) is 0 Å². The van der Waals surface area contributed by atoms with Gasteiger partial charge in [0.05, 0.1) is 4.70 Å². The van der Waals surface area contributed by atoms with Crippen molar-refractivity contribution in [3.63, 3.8) is 0 Å². The molecule has 7 nitrogen and oxygen atoms in total. The van der Waals surface area contributed by atoms with Crippen molar-refractivity contribution < 1.29 is 18.8 Å². The second-order valence-electron chi connectivity index (χ2n) is 6.53. The average molecular weight is 443 g/mol. The zero-order valence-corrected chi connectivity index (χ0v) is 18.0. The van der Waals surface area contributed by atoms with Crippen LogP contribution < -0.4 is 4.90 Å². The maximum atomic E-state index is 14.1. The number of thiazole rings is 1. The number of carbonyl (C=O) groups is 3. The van der Waals surface area contributed by atoms with Crippen LogP contribution in [-0.2, 0) is 14.4 Å². The lowest BCUT2D eigenvalue weighted by molar-refractivity contribution is -0.141. The fourth-order valence-electron chi connectivity index (χ4n) is 3.15. The van der Waals surface area contributed by atoms with E-state index in [-0.39, 0.29) is 49.1 Å². The molecule has 0 N–H and O–H groups in total. The number of hydrogen-bond acceptors (Lipinski definition) is 6. The minimum absolute atomic E-state index is 0. The molecule has 1 aliphatic heterocycles. The van der Waals surface area contributed by atoms with Crippen LogP contribution in [0.4, 0.5) is 9.52 Å². The van der Waals surface area contributed by atoms with Gasteiger partial charge < -0.3 is 4.90 Å². The van der Waals surface area contributed by atoms with E-state index in [0.29, 0.717) is 22.9 Å². The third kappa shape index (κ3) is 5.09. The van der Waals surface area contributed by atoms with Gasteiger partial charge >= 0.3 is 0 Å². The van der Waals surface area contributed by atoms with Crippen molar-refractivity contribution in [1.29, 1.82) is 0 Å². The molecule has 0 atom stereocenters. The Bertz CT molecular complexity index is 887. The lowest BCUT2D eigenvalue weighted by Gasteiger charge is -2.26. The molecule has 10 heteroatoms. The largest absolute Gasteiger partial charge is 0.302 e. The molecule has 1 aliphatic rings. The highest BCUT2D eigenvalue weighted by Gasteiger charge is 2.33. The Kier molecular flexibility index (Phi) is 8.06. The number of halogens is 2. The van der Waals surface area contributed by atoms with E-state index in [4.69, 9.17) is 0 Å². The number of rotatable bonds is 8. The first-order valence-electron chi connectivity index (χ1n) is 9.35. The number of anilines is 1. The van der Waals surface area contributed by atoms with Crippen LogP contribution in [0.3, 0.4) is 0 Å². The van der Waals surface area contributed by atoms with Gasteiger partial charge in [-0.1, -0.05) is 31.3 Å². The molecule has 1 fully saturated rings. The zero-order chi connectivity index (χ0) is 20.3. The smallest absolute Gasteiger partial charge is 0.248 e. The van der Waals surface area contributed by atoms with E-state index in [1.807, 2.05) is 13.8 Å². The summed E-state index contributed by atoms with van der Waals surface area (Å²) in [5.41, 5.74) is 0.219. The highest BCUT2D eigenvalue weighted by Crippen LogP contribution is 2.30. The van der Waals surface area contributed by atoms with E-state index in [1.54, 1.807) is 12.1 Å². The number of amides is 3. The quantitative estimate of drug-likeness (QED) is 0.587. The average Bonchev–Trinajstić information content (AvgIpc) is 3.24. The minimum Gasteiger partial charge on any atom is -0.302 e. The van der Waals surface area contributed by atoms with E-state index < -0.39 is 11.7 Å². The van der Waals surface area contributed by atoms with Crippen LogP contribution in [0.2, 0.25) is 0 Å². The molecule has 0 radical (unpaired) electrons. The Hall–Kier alpha value is -2.10. The van der Waals surface area contributed by atoms with Crippen molar-refractivity contribution in [1.82, 2.24) is 14.8 Å². The molecule has 158 valence electrons. The fraction of sp³-hybridized carbons (Fsp3) is 0.474. The molecule has 0 unspecified atom stereocenters. The maximum absolute atomic E-state index is 14.1. The van der Waals surface area contributed by atoms with Crippen LogP contribution in [0.15, 0.2) is 18.2 Å². The third-order valence-electron chi connectivity index (χ3n) is 4.87. The predicted molar refractivity (Wildman–Crippen MR) is 113 cm³/mol. The Morgan fingerprint density at radius 2 is 1.83 bits per heavy atom. The van der Waals surface area contributed by atoms with Crippen LogP contribution in [-0.4, -0.2) is 65.2 Å². The minimum atomic E-state index is -0.443. The van der Waals surface area contributed by atoms with Gasteiger partial charge in [0.1, 0.15) is 17.9 Å². The van der Waals surface area contributed by atoms with Gasteiger partial charge in [0.2, 0.25) is 17.7 Å². The van der Waals surface area contributed by atoms with Crippen LogP contribution in [0.1, 0.15) is 26.7 Å². The van der Waals surface area contributed by atoms with Crippen molar-refractivity contribution in [2.24, 2.45) is 0 Å². The molecule has 2 heterocycles. The molecule has 0 saturated carbocycles. The maximum Gasteiger partial charge on any atom is 0.248 e. The summed E-state index contributed by atoms with van der Waals surface area (Å²) >= 11 is 1.22. The monoisotopic (exact) mass is 442 g/mol. The number of fused-ring (bicyclic) bond motifs is 1. The van der Waals surface area contributed by atoms with Gasteiger partial charge in [0, 0.05) is 25.9 Å². The van der Waals surface area contributed by atoms with Gasteiger partial charge in [-0.25, -0.2) is 9.37 Å². The van der Waals surface area contributed by atoms with E-state index >= 15 is 0 Å². The molecular weight excluding hydrogens is 419 g/mol. The zero-order valence-electron chi connectivity index (χ0n) is 16.4. The van der Waals surface area contributed by atoms with Gasteiger partial charge in [-0.3, -0.25) is 24.2 Å². The number of imide groups is 1. The summed E-state index contributed by atoms with van der Waals surface area (Å²) in [4.78, 5) is 45.7. The fourth-order valence-corrected chi connectivity index (χ4v) is 4.17. The molecular formula is C19H24ClFN4O3S. The molecule has 1 aromatic heterocycles. The standard InChI is InChI=1S/C19H23FN4O3S.ClH/c1-3-22(4-2)10-11-23(17(27)12-24-15(25)8-9-16(24)26)19-21-18-13(20)6-5-7-14(18)28-19;/h5-7H,3-4,8-12H2,1-2H3;1H. The van der Waals surface area contributed by atoms with Crippen LogP contribution in [0, 0.1) is 5.82 Å². The van der Waals surface area contributed by atoms with Crippen molar-refractivity contribution in [2.75, 3.05) is 37.6 Å². The molecule has 0 bridgehead atoms. The highest BCUT2D eigenvalue weighted by atomic mass is 35.5. The molecule has 3 amide bonds. The Labute approximate surface area is 178 Å². The number of carbonyl (C=O) groups excluding carboxylic acids is 3. The summed E-state index contributed by atoms with van der Waals surface area (Å²) in [6.07, 6.45) is 0.274. The van der Waals surface area contributed by atoms with E-state index in [1.165, 1.54) is 22.3 Å². The molecule has 3 rings (SSSR count). The first kappa shape index (κ1) is 23.2. The van der Waals surface area contributed by atoms with Gasteiger partial charge in [0.15, 0.2) is 5.13 Å². The SMILES string of the molecule is CCN(CC)CCN(C(=O)CN1C(=O)CCC1=O)c1nc2c(F)cccc2s1.Cl. The molecule has 0 aliphatic carbocycles. The van der Waals surface area contributed by atoms with Crippen LogP contribution in [0.5, 0.6) is 0 Å². The van der Waals surface area contributed by atoms with Gasteiger partial charge in [0.25, 0.3) is 0 Å². The topological polar surface area (TPSA) is 73.8 Å². The van der Waals surface area contributed by atoms with Crippen molar-refractivity contribution in [2.45, 2.75) is 26.7 Å². The number of likely N-dealkylation sites (tertiary alicyclic amines) is 1. The summed E-state index contributed by atoms with van der Waals surface area (Å²) in [5, 5.41) is 0.372. The number of nitrogens with zero attached hydrogens (tertiary/aromatic N) is 4. The second kappa shape index (κ2) is 10.1. The van der Waals surface area contributed by atoms with Crippen LogP contribution in [0.25, 0.3) is 10.2 Å². The molecule has 2 aromatic rings. The normalized spacial score (nSPS) is 14.0. The Morgan fingerprint density at radius 3 is 2.41 bits per heavy atom. The Balaban J connectivity index is 0.00000300. The molecule has 1 saturated heterocycles. The first-order chi connectivity index (χ1) is 13.4. The van der Waals surface area contributed by atoms with E-state index in [2.05, 4.69) is 9.88 Å². The summed E-state index contributed by atoms with van der Waals surface area (Å²) in [6, 6.07) is 4.68. The van der Waals surface area contributed by atoms with Crippen molar-refractivity contribution in [3.05, 3.63) is 24.0 Å². The van der Waals surface area contributed by atoms with E-state index in [0.717, 1.165) is 18.0 Å². The summed E-state index contributed by atoms with van der Waals surface area (Å²) in [6.45, 7) is 6.37. The first-order valence-corrected chi connectivity index (χ1v) is 10.2. The number of aromatic nitrogens is 1. The van der Waals surface area contributed by atoms with Gasteiger partial charge in [-0.2, -0.15) is 0 Å². The third-order valence-corrected chi connectivity index (χ3v) is 5.92. The van der Waals surface area contributed by atoms with Gasteiger partial charge in [-0.15, -0.1) is 12.4 Å². The summed E-state index contributed by atoms with van der Waals surface area (Å²) in [5.74, 6) is -1.51. The lowest BCUT2D eigenvalue weighted by Crippen LogP contribution is -2.45. The number of para-hydroxylation sites is 1.